The Hall–Kier alpha value is -2.70. The zero-order valence-electron chi connectivity index (χ0n) is 16.3. The molecule has 0 spiro atoms. The van der Waals surface area contributed by atoms with E-state index in [1.165, 1.54) is 11.3 Å². The van der Waals surface area contributed by atoms with Crippen molar-refractivity contribution in [1.82, 2.24) is 5.32 Å². The van der Waals surface area contributed by atoms with Gasteiger partial charge in [0.1, 0.15) is 12.4 Å². The van der Waals surface area contributed by atoms with Gasteiger partial charge in [-0.2, -0.15) is 0 Å². The van der Waals surface area contributed by atoms with Crippen molar-refractivity contribution in [2.24, 2.45) is 0 Å². The van der Waals surface area contributed by atoms with Crippen LogP contribution in [0.15, 0.2) is 54.6 Å². The highest BCUT2D eigenvalue weighted by Crippen LogP contribution is 2.40. The molecule has 0 bridgehead atoms. The van der Waals surface area contributed by atoms with E-state index in [1.54, 1.807) is 0 Å². The van der Waals surface area contributed by atoms with Crippen molar-refractivity contribution in [1.29, 1.82) is 0 Å². The quantitative estimate of drug-likeness (QED) is 0.627. The molecule has 2 heterocycles. The molecule has 29 heavy (non-hydrogen) atoms. The lowest BCUT2D eigenvalue weighted by molar-refractivity contribution is 0.0955. The summed E-state index contributed by atoms with van der Waals surface area (Å²) in [6, 6.07) is 17.6. The van der Waals surface area contributed by atoms with Crippen molar-refractivity contribution < 1.29 is 9.53 Å². The zero-order chi connectivity index (χ0) is 20.4. The number of ether oxygens (including phenoxy) is 1. The summed E-state index contributed by atoms with van der Waals surface area (Å²) < 4.78 is 5.72. The number of hydrogen-bond donors (Lipinski definition) is 1. The molecule has 0 saturated heterocycles. The lowest BCUT2D eigenvalue weighted by atomic mass is 10.2. The van der Waals surface area contributed by atoms with Crippen LogP contribution in [0.4, 0.5) is 16.4 Å². The average molecular weight is 428 g/mol. The van der Waals surface area contributed by atoms with Crippen molar-refractivity contribution in [3.8, 4) is 5.75 Å². The maximum atomic E-state index is 12.6. The minimum absolute atomic E-state index is 0.0717. The molecule has 7 heteroatoms. The second-order valence-electron chi connectivity index (χ2n) is 6.99. The number of rotatable bonds is 5. The van der Waals surface area contributed by atoms with Crippen LogP contribution < -0.4 is 19.9 Å². The van der Waals surface area contributed by atoms with Crippen LogP contribution in [0.2, 0.25) is 5.02 Å². The smallest absolute Gasteiger partial charge is 0.261 e. The van der Waals surface area contributed by atoms with E-state index in [1.807, 2.05) is 73.6 Å². The SMILES string of the molecule is CN(C)c1ccc(CNC(=O)c2ccc(N3CCOc4ccc(Cl)cc43)s2)cc1. The van der Waals surface area contributed by atoms with E-state index >= 15 is 0 Å². The molecule has 1 amide bonds. The molecule has 0 unspecified atom stereocenters. The minimum Gasteiger partial charge on any atom is -0.490 e. The second kappa shape index (κ2) is 8.35. The van der Waals surface area contributed by atoms with Gasteiger partial charge in [-0.3, -0.25) is 4.79 Å². The standard InChI is InChI=1S/C22H22ClN3O2S/c1-25(2)17-6-3-15(4-7-17)14-24-22(27)20-9-10-21(29-20)26-11-12-28-19-8-5-16(23)13-18(19)26/h3-10,13H,11-12,14H2,1-2H3,(H,24,27). The number of fused-ring (bicyclic) bond motifs is 1. The fourth-order valence-electron chi connectivity index (χ4n) is 3.20. The van der Waals surface area contributed by atoms with Crippen LogP contribution in [0.25, 0.3) is 0 Å². The highest BCUT2D eigenvalue weighted by Gasteiger charge is 2.22. The number of nitrogens with one attached hydrogen (secondary N) is 1. The van der Waals surface area contributed by atoms with E-state index in [2.05, 4.69) is 10.2 Å². The van der Waals surface area contributed by atoms with Gasteiger partial charge in [0.15, 0.2) is 0 Å². The van der Waals surface area contributed by atoms with Crippen LogP contribution in [0.3, 0.4) is 0 Å². The topological polar surface area (TPSA) is 44.8 Å². The molecule has 2 aromatic carbocycles. The lowest BCUT2D eigenvalue weighted by Gasteiger charge is -2.30. The van der Waals surface area contributed by atoms with Crippen molar-refractivity contribution in [2.75, 3.05) is 37.0 Å². The number of nitrogens with zero attached hydrogens (tertiary/aromatic N) is 2. The molecule has 1 N–H and O–H groups in total. The summed E-state index contributed by atoms with van der Waals surface area (Å²) in [7, 11) is 4.01. The summed E-state index contributed by atoms with van der Waals surface area (Å²) in [6.07, 6.45) is 0. The van der Waals surface area contributed by atoms with Crippen LogP contribution in [0.5, 0.6) is 5.75 Å². The summed E-state index contributed by atoms with van der Waals surface area (Å²) in [4.78, 5) is 17.5. The van der Waals surface area contributed by atoms with E-state index < -0.39 is 0 Å². The molecule has 4 rings (SSSR count). The largest absolute Gasteiger partial charge is 0.490 e. The van der Waals surface area contributed by atoms with Gasteiger partial charge in [0, 0.05) is 31.4 Å². The second-order valence-corrected chi connectivity index (χ2v) is 8.49. The highest BCUT2D eigenvalue weighted by molar-refractivity contribution is 7.18. The Morgan fingerprint density at radius 1 is 1.17 bits per heavy atom. The maximum absolute atomic E-state index is 12.6. The van der Waals surface area contributed by atoms with Crippen LogP contribution in [0, 0.1) is 0 Å². The molecule has 0 aliphatic carbocycles. The van der Waals surface area contributed by atoms with Gasteiger partial charge in [0.2, 0.25) is 0 Å². The lowest BCUT2D eigenvalue weighted by Crippen LogP contribution is -2.27. The fourth-order valence-corrected chi connectivity index (χ4v) is 4.32. The third-order valence-corrected chi connectivity index (χ3v) is 6.11. The first-order valence-corrected chi connectivity index (χ1v) is 10.5. The molecule has 0 radical (unpaired) electrons. The zero-order valence-corrected chi connectivity index (χ0v) is 17.9. The van der Waals surface area contributed by atoms with Crippen molar-refractivity contribution in [3.63, 3.8) is 0 Å². The van der Waals surface area contributed by atoms with Crippen molar-refractivity contribution >= 4 is 45.2 Å². The van der Waals surface area contributed by atoms with Gasteiger partial charge in [-0.15, -0.1) is 11.3 Å². The Balaban J connectivity index is 1.44. The molecular weight excluding hydrogens is 406 g/mol. The molecular formula is C22H22ClN3O2S. The number of thiophene rings is 1. The first-order valence-electron chi connectivity index (χ1n) is 9.35. The predicted octanol–water partition coefficient (Wildman–Crippen LogP) is 4.93. The normalized spacial score (nSPS) is 12.9. The van der Waals surface area contributed by atoms with Gasteiger partial charge < -0.3 is 19.9 Å². The van der Waals surface area contributed by atoms with E-state index in [4.69, 9.17) is 16.3 Å². The third kappa shape index (κ3) is 4.33. The minimum atomic E-state index is -0.0717. The van der Waals surface area contributed by atoms with E-state index in [0.29, 0.717) is 29.6 Å². The average Bonchev–Trinajstić information content (AvgIpc) is 3.22. The van der Waals surface area contributed by atoms with Gasteiger partial charge in [-0.1, -0.05) is 23.7 Å². The van der Waals surface area contributed by atoms with Gasteiger partial charge >= 0.3 is 0 Å². The number of hydrogen-bond acceptors (Lipinski definition) is 5. The number of amides is 1. The van der Waals surface area contributed by atoms with Crippen LogP contribution in [-0.4, -0.2) is 33.2 Å². The number of benzene rings is 2. The Bertz CT molecular complexity index is 1020. The summed E-state index contributed by atoms with van der Waals surface area (Å²) in [5, 5.41) is 4.66. The van der Waals surface area contributed by atoms with Gasteiger partial charge in [0.05, 0.1) is 22.1 Å². The highest BCUT2D eigenvalue weighted by atomic mass is 35.5. The van der Waals surface area contributed by atoms with E-state index in [0.717, 1.165) is 27.7 Å². The molecule has 0 fully saturated rings. The summed E-state index contributed by atoms with van der Waals surface area (Å²) in [5.41, 5.74) is 3.13. The third-order valence-electron chi connectivity index (χ3n) is 4.77. The summed E-state index contributed by atoms with van der Waals surface area (Å²) >= 11 is 7.63. The van der Waals surface area contributed by atoms with E-state index in [-0.39, 0.29) is 5.91 Å². The number of carbonyl (C=O) groups is 1. The van der Waals surface area contributed by atoms with Crippen LogP contribution >= 0.6 is 22.9 Å². The molecule has 5 nitrogen and oxygen atoms in total. The summed E-state index contributed by atoms with van der Waals surface area (Å²) in [6.45, 7) is 1.81. The Morgan fingerprint density at radius 2 is 1.97 bits per heavy atom. The molecule has 1 aliphatic rings. The molecule has 1 aromatic heterocycles. The summed E-state index contributed by atoms with van der Waals surface area (Å²) in [5.74, 6) is 0.735. The van der Waals surface area contributed by atoms with E-state index in [9.17, 15) is 4.79 Å². The monoisotopic (exact) mass is 427 g/mol. The molecule has 0 saturated carbocycles. The van der Waals surface area contributed by atoms with Crippen LogP contribution in [-0.2, 0) is 6.54 Å². The molecule has 0 atom stereocenters. The van der Waals surface area contributed by atoms with Gasteiger partial charge in [0.25, 0.3) is 5.91 Å². The first-order chi connectivity index (χ1) is 14.0. The van der Waals surface area contributed by atoms with Gasteiger partial charge in [-0.25, -0.2) is 0 Å². The predicted molar refractivity (Wildman–Crippen MR) is 120 cm³/mol. The maximum Gasteiger partial charge on any atom is 0.261 e. The molecule has 3 aromatic rings. The molecule has 150 valence electrons. The fraction of sp³-hybridized carbons (Fsp3) is 0.227. The van der Waals surface area contributed by atoms with Gasteiger partial charge in [-0.05, 0) is 48.0 Å². The first kappa shape index (κ1) is 19.6. The number of carbonyl (C=O) groups excluding carboxylic acids is 1. The molecule has 1 aliphatic heterocycles. The van der Waals surface area contributed by atoms with Crippen molar-refractivity contribution in [3.05, 3.63) is 70.1 Å². The number of halogens is 1. The Morgan fingerprint density at radius 3 is 2.72 bits per heavy atom. The number of anilines is 3. The van der Waals surface area contributed by atoms with Crippen LogP contribution in [0.1, 0.15) is 15.2 Å². The Labute approximate surface area is 179 Å². The van der Waals surface area contributed by atoms with Crippen molar-refractivity contribution in [2.45, 2.75) is 6.54 Å². The Kier molecular flexibility index (Phi) is 5.65.